The standard InChI is InChI=1S/C49H29NO2/c1-2-12-31(13-3-1)45-46-38-17-4-7-21-41(38)50-48(40(46)29-44-47(45)39-18-6-9-23-43(39)51-44)32-26-24-30(25-27-32)33-14-10-15-34(28-33)35-19-11-20-37-36-16-5-8-22-42(36)52-49(35)37/h1-29H. The molecule has 0 aliphatic heterocycles. The third-order valence-corrected chi connectivity index (χ3v) is 10.5. The van der Waals surface area contributed by atoms with Gasteiger partial charge in [0.1, 0.15) is 22.3 Å². The summed E-state index contributed by atoms with van der Waals surface area (Å²) in [5.41, 5.74) is 13.3. The van der Waals surface area contributed by atoms with Crippen molar-refractivity contribution in [1.82, 2.24) is 4.98 Å². The van der Waals surface area contributed by atoms with E-state index in [0.29, 0.717) is 0 Å². The predicted octanol–water partition coefficient (Wildman–Crippen LogP) is 13.9. The van der Waals surface area contributed by atoms with Crippen molar-refractivity contribution >= 4 is 65.6 Å². The van der Waals surface area contributed by atoms with Crippen LogP contribution in [0.15, 0.2) is 185 Å². The molecule has 8 aromatic carbocycles. The van der Waals surface area contributed by atoms with Gasteiger partial charge >= 0.3 is 0 Å². The average molecular weight is 664 g/mol. The minimum Gasteiger partial charge on any atom is -0.456 e. The van der Waals surface area contributed by atoms with Crippen LogP contribution in [-0.2, 0) is 0 Å². The van der Waals surface area contributed by atoms with Crippen molar-refractivity contribution in [1.29, 1.82) is 0 Å². The molecule has 242 valence electrons. The molecule has 0 saturated carbocycles. The number of nitrogens with zero attached hydrogens (tertiary/aromatic N) is 1. The normalized spacial score (nSPS) is 11.8. The number of aromatic nitrogens is 1. The molecule has 11 aromatic rings. The summed E-state index contributed by atoms with van der Waals surface area (Å²) in [4.78, 5) is 5.32. The molecule has 0 amide bonds. The Bertz CT molecular complexity index is 3170. The SMILES string of the molecule is c1ccc(-c2c3c(cc4c(-c5ccc(-c6cccc(-c7cccc8c7oc7ccccc78)c6)cc5)nc5ccccc5c24)oc2ccccc23)cc1. The van der Waals surface area contributed by atoms with Crippen LogP contribution in [0, 0.1) is 0 Å². The van der Waals surface area contributed by atoms with Gasteiger partial charge in [-0.1, -0.05) is 146 Å². The van der Waals surface area contributed by atoms with E-state index >= 15 is 0 Å². The number of fused-ring (bicyclic) bond motifs is 9. The summed E-state index contributed by atoms with van der Waals surface area (Å²) < 4.78 is 12.9. The van der Waals surface area contributed by atoms with Crippen LogP contribution in [0.4, 0.5) is 0 Å². The molecule has 0 saturated heterocycles. The molecule has 0 bridgehead atoms. The fraction of sp³-hybridized carbons (Fsp3) is 0. The number of para-hydroxylation sites is 4. The third-order valence-electron chi connectivity index (χ3n) is 10.5. The summed E-state index contributed by atoms with van der Waals surface area (Å²) in [7, 11) is 0. The maximum absolute atomic E-state index is 6.56. The molecule has 0 fully saturated rings. The van der Waals surface area contributed by atoms with Crippen molar-refractivity contribution in [2.75, 3.05) is 0 Å². The fourth-order valence-corrected chi connectivity index (χ4v) is 8.09. The second kappa shape index (κ2) is 11.3. The van der Waals surface area contributed by atoms with Crippen LogP contribution in [0.3, 0.4) is 0 Å². The molecule has 0 aliphatic rings. The molecule has 0 aliphatic carbocycles. The van der Waals surface area contributed by atoms with Crippen molar-refractivity contribution < 1.29 is 8.83 Å². The Labute approximate surface area is 299 Å². The molecule has 3 heteroatoms. The van der Waals surface area contributed by atoms with E-state index in [4.69, 9.17) is 13.8 Å². The molecule has 52 heavy (non-hydrogen) atoms. The van der Waals surface area contributed by atoms with Gasteiger partial charge in [0.15, 0.2) is 0 Å². The lowest BCUT2D eigenvalue weighted by Gasteiger charge is -2.16. The maximum atomic E-state index is 6.56. The molecule has 0 unspecified atom stereocenters. The van der Waals surface area contributed by atoms with Crippen molar-refractivity contribution in [3.63, 3.8) is 0 Å². The van der Waals surface area contributed by atoms with Crippen LogP contribution in [-0.4, -0.2) is 4.98 Å². The molecule has 0 spiro atoms. The largest absolute Gasteiger partial charge is 0.456 e. The molecular formula is C49H29NO2. The zero-order chi connectivity index (χ0) is 34.2. The summed E-state index contributed by atoms with van der Waals surface area (Å²) in [5, 5.41) is 7.89. The molecule has 3 heterocycles. The van der Waals surface area contributed by atoms with Gasteiger partial charge in [-0.2, -0.15) is 0 Å². The van der Waals surface area contributed by atoms with Gasteiger partial charge in [0.25, 0.3) is 0 Å². The van der Waals surface area contributed by atoms with E-state index in [1.54, 1.807) is 0 Å². The van der Waals surface area contributed by atoms with E-state index in [-0.39, 0.29) is 0 Å². The first-order chi connectivity index (χ1) is 25.8. The molecule has 3 aromatic heterocycles. The highest BCUT2D eigenvalue weighted by molar-refractivity contribution is 6.27. The number of furan rings is 2. The summed E-state index contributed by atoms with van der Waals surface area (Å²) in [6, 6.07) is 61.9. The molecular weight excluding hydrogens is 635 g/mol. The van der Waals surface area contributed by atoms with Crippen LogP contribution >= 0.6 is 0 Å². The second-order valence-electron chi connectivity index (χ2n) is 13.4. The topological polar surface area (TPSA) is 39.2 Å². The maximum Gasteiger partial charge on any atom is 0.143 e. The summed E-state index contributed by atoms with van der Waals surface area (Å²) in [6.07, 6.45) is 0. The van der Waals surface area contributed by atoms with Crippen LogP contribution in [0.25, 0.3) is 110 Å². The molecule has 11 rings (SSSR count). The smallest absolute Gasteiger partial charge is 0.143 e. The number of pyridine rings is 1. The zero-order valence-corrected chi connectivity index (χ0v) is 28.0. The highest BCUT2D eigenvalue weighted by Gasteiger charge is 2.21. The van der Waals surface area contributed by atoms with E-state index in [1.807, 2.05) is 18.2 Å². The lowest BCUT2D eigenvalue weighted by Crippen LogP contribution is -1.93. The van der Waals surface area contributed by atoms with Gasteiger partial charge in [-0.3, -0.25) is 0 Å². The van der Waals surface area contributed by atoms with E-state index in [1.165, 1.54) is 10.9 Å². The van der Waals surface area contributed by atoms with Gasteiger partial charge in [0, 0.05) is 54.4 Å². The van der Waals surface area contributed by atoms with Crippen molar-refractivity contribution in [3.05, 3.63) is 176 Å². The molecule has 0 atom stereocenters. The quantitative estimate of drug-likeness (QED) is 0.176. The Morgan fingerprint density at radius 1 is 0.346 bits per heavy atom. The first-order valence-electron chi connectivity index (χ1n) is 17.6. The monoisotopic (exact) mass is 663 g/mol. The Morgan fingerprint density at radius 3 is 1.83 bits per heavy atom. The van der Waals surface area contributed by atoms with E-state index in [0.717, 1.165) is 99.2 Å². The van der Waals surface area contributed by atoms with E-state index in [9.17, 15) is 0 Å². The zero-order valence-electron chi connectivity index (χ0n) is 28.0. The number of hydrogen-bond acceptors (Lipinski definition) is 3. The summed E-state index contributed by atoms with van der Waals surface area (Å²) in [5.74, 6) is 0. The number of rotatable bonds is 4. The van der Waals surface area contributed by atoms with Crippen molar-refractivity contribution in [2.24, 2.45) is 0 Å². The van der Waals surface area contributed by atoms with Crippen molar-refractivity contribution in [3.8, 4) is 44.6 Å². The Kier molecular flexibility index (Phi) is 6.25. The molecule has 0 N–H and O–H groups in total. The molecule has 3 nitrogen and oxygen atoms in total. The van der Waals surface area contributed by atoms with Crippen LogP contribution in [0.2, 0.25) is 0 Å². The second-order valence-corrected chi connectivity index (χ2v) is 13.4. The third kappa shape index (κ3) is 4.36. The highest BCUT2D eigenvalue weighted by atomic mass is 16.3. The summed E-state index contributed by atoms with van der Waals surface area (Å²) >= 11 is 0. The van der Waals surface area contributed by atoms with Gasteiger partial charge < -0.3 is 8.83 Å². The number of benzene rings is 8. The minimum absolute atomic E-state index is 0.860. The first-order valence-corrected chi connectivity index (χ1v) is 17.6. The van der Waals surface area contributed by atoms with E-state index in [2.05, 4.69) is 158 Å². The predicted molar refractivity (Wildman–Crippen MR) is 216 cm³/mol. The van der Waals surface area contributed by atoms with Crippen LogP contribution in [0.1, 0.15) is 0 Å². The van der Waals surface area contributed by atoms with E-state index < -0.39 is 0 Å². The van der Waals surface area contributed by atoms with Gasteiger partial charge in [0.2, 0.25) is 0 Å². The lowest BCUT2D eigenvalue weighted by atomic mass is 9.89. The van der Waals surface area contributed by atoms with Gasteiger partial charge in [-0.25, -0.2) is 4.98 Å². The lowest BCUT2D eigenvalue weighted by molar-refractivity contribution is 0.669. The van der Waals surface area contributed by atoms with Crippen LogP contribution < -0.4 is 0 Å². The summed E-state index contributed by atoms with van der Waals surface area (Å²) in [6.45, 7) is 0. The Balaban J connectivity index is 1.09. The van der Waals surface area contributed by atoms with Crippen LogP contribution in [0.5, 0.6) is 0 Å². The average Bonchev–Trinajstić information content (AvgIpc) is 3.78. The minimum atomic E-state index is 0.860. The highest BCUT2D eigenvalue weighted by Crippen LogP contribution is 2.46. The molecule has 0 radical (unpaired) electrons. The Hall–Kier alpha value is -6.97. The number of hydrogen-bond donors (Lipinski definition) is 0. The Morgan fingerprint density at radius 2 is 0.981 bits per heavy atom. The fourth-order valence-electron chi connectivity index (χ4n) is 8.09. The van der Waals surface area contributed by atoms with Gasteiger partial charge in [0.05, 0.1) is 11.2 Å². The van der Waals surface area contributed by atoms with Gasteiger partial charge in [-0.15, -0.1) is 0 Å². The van der Waals surface area contributed by atoms with Gasteiger partial charge in [-0.05, 0) is 52.6 Å². The van der Waals surface area contributed by atoms with Crippen molar-refractivity contribution in [2.45, 2.75) is 0 Å². The first kappa shape index (κ1) is 28.8.